The fourth-order valence-electron chi connectivity index (χ4n) is 3.63. The molecule has 0 spiro atoms. The molecular weight excluding hydrogens is 454 g/mol. The number of aromatic nitrogens is 2. The number of hydrogen-bond donors (Lipinski definition) is 2. The molecule has 1 atom stereocenters. The minimum absolute atomic E-state index is 0.00844. The van der Waals surface area contributed by atoms with Gasteiger partial charge in [0, 0.05) is 31.4 Å². The molecule has 0 fully saturated rings. The second kappa shape index (κ2) is 10.5. The van der Waals surface area contributed by atoms with E-state index in [1.54, 1.807) is 37.6 Å². The third-order valence-electron chi connectivity index (χ3n) is 5.34. The first-order chi connectivity index (χ1) is 16.5. The van der Waals surface area contributed by atoms with E-state index in [0.717, 1.165) is 18.6 Å². The van der Waals surface area contributed by atoms with Crippen molar-refractivity contribution in [3.63, 3.8) is 0 Å². The number of allylic oxidation sites excluding steroid dienone is 1. The standard InChI is InChI=1S/C24H25N5O4S/c1-33-20-9-3-2-8-19(20)25-14-15-27-24(30)18-11-12-22(28-16-18)29-34(31,32)21-10-4-6-17-7-5-13-26-23(17)21/h2,4-8,10-13,16,20H,3,9,14-15H2,1H3,(H,27,30)(H,28,29). The minimum Gasteiger partial charge on any atom is -0.375 e. The van der Waals surface area contributed by atoms with E-state index in [1.807, 2.05) is 6.08 Å². The first-order valence-electron chi connectivity index (χ1n) is 10.8. The SMILES string of the molecule is COC1CCC=CC1=NCCNC(=O)c1ccc(NS(=O)(=O)c2cccc3cccnc23)nc1. The quantitative estimate of drug-likeness (QED) is 0.479. The highest BCUT2D eigenvalue weighted by molar-refractivity contribution is 7.93. The van der Waals surface area contributed by atoms with Gasteiger partial charge in [0.1, 0.15) is 10.7 Å². The van der Waals surface area contributed by atoms with E-state index in [4.69, 9.17) is 4.74 Å². The molecule has 2 aromatic heterocycles. The topological polar surface area (TPSA) is 123 Å². The number of hydrogen-bond acceptors (Lipinski definition) is 7. The molecule has 1 aromatic carbocycles. The molecule has 1 amide bonds. The minimum atomic E-state index is -3.91. The molecule has 1 aliphatic carbocycles. The Kier molecular flexibility index (Phi) is 7.29. The lowest BCUT2D eigenvalue weighted by Gasteiger charge is -2.18. The van der Waals surface area contributed by atoms with Gasteiger partial charge >= 0.3 is 0 Å². The summed E-state index contributed by atoms with van der Waals surface area (Å²) in [5.41, 5.74) is 1.56. The molecule has 2 heterocycles. The Morgan fingerprint density at radius 2 is 2.03 bits per heavy atom. The Balaban J connectivity index is 1.36. The molecule has 0 bridgehead atoms. The van der Waals surface area contributed by atoms with Crippen LogP contribution < -0.4 is 10.0 Å². The summed E-state index contributed by atoms with van der Waals surface area (Å²) < 4.78 is 33.6. The Morgan fingerprint density at radius 3 is 2.82 bits per heavy atom. The zero-order valence-electron chi connectivity index (χ0n) is 18.6. The maximum atomic E-state index is 12.9. The van der Waals surface area contributed by atoms with Crippen molar-refractivity contribution in [3.8, 4) is 0 Å². The molecule has 0 aliphatic heterocycles. The van der Waals surface area contributed by atoms with Gasteiger partial charge in [-0.25, -0.2) is 13.4 Å². The van der Waals surface area contributed by atoms with Gasteiger partial charge in [-0.15, -0.1) is 0 Å². The molecule has 3 aromatic rings. The van der Waals surface area contributed by atoms with Crippen LogP contribution in [0.25, 0.3) is 10.9 Å². The second-order valence-corrected chi connectivity index (χ2v) is 9.29. The van der Waals surface area contributed by atoms with Gasteiger partial charge in [-0.2, -0.15) is 0 Å². The number of aliphatic imine (C=N–C) groups is 1. The molecule has 10 heteroatoms. The van der Waals surface area contributed by atoms with Crippen molar-refractivity contribution in [2.24, 2.45) is 4.99 Å². The van der Waals surface area contributed by atoms with E-state index in [9.17, 15) is 13.2 Å². The predicted molar refractivity (Wildman–Crippen MR) is 131 cm³/mol. The van der Waals surface area contributed by atoms with Crippen LogP contribution in [0.15, 0.2) is 76.9 Å². The number of fused-ring (bicyclic) bond motifs is 1. The zero-order valence-corrected chi connectivity index (χ0v) is 19.5. The highest BCUT2D eigenvalue weighted by Gasteiger charge is 2.19. The number of carbonyl (C=O) groups is 1. The van der Waals surface area contributed by atoms with Gasteiger partial charge in [0.25, 0.3) is 15.9 Å². The van der Waals surface area contributed by atoms with Crippen molar-refractivity contribution in [2.75, 3.05) is 24.9 Å². The average Bonchev–Trinajstić information content (AvgIpc) is 2.86. The van der Waals surface area contributed by atoms with E-state index < -0.39 is 10.0 Å². The number of rotatable bonds is 8. The summed E-state index contributed by atoms with van der Waals surface area (Å²) in [7, 11) is -2.25. The summed E-state index contributed by atoms with van der Waals surface area (Å²) in [6, 6.07) is 11.4. The number of amides is 1. The Labute approximate surface area is 198 Å². The number of methoxy groups -OCH3 is 1. The van der Waals surface area contributed by atoms with Crippen molar-refractivity contribution in [1.82, 2.24) is 15.3 Å². The summed E-state index contributed by atoms with van der Waals surface area (Å²) >= 11 is 0. The molecule has 2 N–H and O–H groups in total. The van der Waals surface area contributed by atoms with Gasteiger partial charge < -0.3 is 10.1 Å². The fourth-order valence-corrected chi connectivity index (χ4v) is 4.82. The number of pyridine rings is 2. The van der Waals surface area contributed by atoms with Gasteiger partial charge in [-0.05, 0) is 43.2 Å². The molecule has 34 heavy (non-hydrogen) atoms. The van der Waals surface area contributed by atoms with Gasteiger partial charge in [-0.1, -0.05) is 24.3 Å². The highest BCUT2D eigenvalue weighted by atomic mass is 32.2. The molecule has 1 unspecified atom stereocenters. The predicted octanol–water partition coefficient (Wildman–Crippen LogP) is 2.97. The number of benzene rings is 1. The summed E-state index contributed by atoms with van der Waals surface area (Å²) in [6.45, 7) is 0.782. The van der Waals surface area contributed by atoms with E-state index in [0.29, 0.717) is 29.6 Å². The Bertz CT molecular complexity index is 1330. The van der Waals surface area contributed by atoms with Crippen LogP contribution in [-0.4, -0.2) is 56.3 Å². The van der Waals surface area contributed by atoms with E-state index >= 15 is 0 Å². The lowest BCUT2D eigenvalue weighted by Crippen LogP contribution is -2.28. The van der Waals surface area contributed by atoms with E-state index in [2.05, 4.69) is 31.1 Å². The van der Waals surface area contributed by atoms with Crippen molar-refractivity contribution in [3.05, 3.63) is 72.6 Å². The highest BCUT2D eigenvalue weighted by Crippen LogP contribution is 2.22. The molecule has 1 aliphatic rings. The van der Waals surface area contributed by atoms with Crippen LogP contribution >= 0.6 is 0 Å². The summed E-state index contributed by atoms with van der Waals surface area (Å²) in [4.78, 5) is 25.2. The van der Waals surface area contributed by atoms with Gasteiger partial charge in [-0.3, -0.25) is 19.5 Å². The van der Waals surface area contributed by atoms with Crippen molar-refractivity contribution < 1.29 is 17.9 Å². The molecule has 0 saturated carbocycles. The van der Waals surface area contributed by atoms with Gasteiger partial charge in [0.15, 0.2) is 0 Å². The van der Waals surface area contributed by atoms with Crippen molar-refractivity contribution >= 4 is 38.4 Å². The summed E-state index contributed by atoms with van der Waals surface area (Å²) in [5, 5.41) is 3.50. The maximum Gasteiger partial charge on any atom is 0.265 e. The van der Waals surface area contributed by atoms with Crippen LogP contribution in [0, 0.1) is 0 Å². The zero-order chi connectivity index (χ0) is 24.0. The number of anilines is 1. The number of para-hydroxylation sites is 1. The average molecular weight is 480 g/mol. The monoisotopic (exact) mass is 479 g/mol. The molecule has 176 valence electrons. The Hall–Kier alpha value is -3.63. The van der Waals surface area contributed by atoms with Crippen LogP contribution in [0.4, 0.5) is 5.82 Å². The number of nitrogens with one attached hydrogen (secondary N) is 2. The number of carbonyl (C=O) groups excluding carboxylic acids is 1. The Morgan fingerprint density at radius 1 is 1.18 bits per heavy atom. The lowest BCUT2D eigenvalue weighted by atomic mass is 10.0. The molecule has 4 rings (SSSR count). The third kappa shape index (κ3) is 5.46. The lowest BCUT2D eigenvalue weighted by molar-refractivity contribution is 0.0954. The number of ether oxygens (including phenoxy) is 1. The largest absolute Gasteiger partial charge is 0.375 e. The van der Waals surface area contributed by atoms with Crippen LogP contribution in [-0.2, 0) is 14.8 Å². The number of nitrogens with zero attached hydrogens (tertiary/aromatic N) is 3. The normalized spacial score (nSPS) is 17.1. The van der Waals surface area contributed by atoms with Crippen molar-refractivity contribution in [1.29, 1.82) is 0 Å². The van der Waals surface area contributed by atoms with Crippen LogP contribution in [0.3, 0.4) is 0 Å². The van der Waals surface area contributed by atoms with Gasteiger partial charge in [0.2, 0.25) is 0 Å². The van der Waals surface area contributed by atoms with E-state index in [1.165, 1.54) is 24.4 Å². The molecule has 9 nitrogen and oxygen atoms in total. The third-order valence-corrected chi connectivity index (χ3v) is 6.73. The number of sulfonamides is 1. The second-order valence-electron chi connectivity index (χ2n) is 7.64. The molecular formula is C24H25N5O4S. The fraction of sp³-hybridized carbons (Fsp3) is 0.250. The maximum absolute atomic E-state index is 12.9. The van der Waals surface area contributed by atoms with Gasteiger partial charge in [0.05, 0.1) is 29.4 Å². The first-order valence-corrected chi connectivity index (χ1v) is 12.3. The summed E-state index contributed by atoms with van der Waals surface area (Å²) in [6.07, 6.45) is 8.74. The van der Waals surface area contributed by atoms with Crippen LogP contribution in [0.5, 0.6) is 0 Å². The molecule has 0 saturated heterocycles. The van der Waals surface area contributed by atoms with Crippen LogP contribution in [0.2, 0.25) is 0 Å². The smallest absolute Gasteiger partial charge is 0.265 e. The molecule has 0 radical (unpaired) electrons. The van der Waals surface area contributed by atoms with Crippen LogP contribution in [0.1, 0.15) is 23.2 Å². The summed E-state index contributed by atoms with van der Waals surface area (Å²) in [5.74, 6) is -0.214. The van der Waals surface area contributed by atoms with E-state index in [-0.39, 0.29) is 22.7 Å². The first kappa shape index (κ1) is 23.5. The van der Waals surface area contributed by atoms with Crippen molar-refractivity contribution in [2.45, 2.75) is 23.8 Å².